The standard InChI is InChI=1S/C28H20ClNO4/c1-34-27(33)24-23(17-10-13-18(29)14-11-17)28(25(31)19-7-3-4-8-20(19)26(28)32)22-15-12-16-6-2-5-9-21(16)30(22)24/h2-15,22-24H,1H3/t22-,23-,24+/m1/s1. The molecule has 0 unspecified atom stereocenters. The number of esters is 1. The number of Topliss-reactive ketones (excluding diaryl/α,β-unsaturated/α-hetero) is 2. The third-order valence-electron chi connectivity index (χ3n) is 7.38. The Morgan fingerprint density at radius 3 is 2.18 bits per heavy atom. The van der Waals surface area contributed by atoms with Gasteiger partial charge in [0, 0.05) is 27.8 Å². The highest BCUT2D eigenvalue weighted by atomic mass is 35.5. The van der Waals surface area contributed by atoms with Gasteiger partial charge in [0.15, 0.2) is 11.6 Å². The minimum absolute atomic E-state index is 0.265. The topological polar surface area (TPSA) is 63.7 Å². The van der Waals surface area contributed by atoms with Gasteiger partial charge in [0.1, 0.15) is 11.5 Å². The SMILES string of the molecule is COC(=O)[C@@H]1[C@@H](c2ccc(Cl)cc2)C2(C(=O)c3ccccc3C2=O)[C@H]2C=Cc3ccccc3N12. The van der Waals surface area contributed by atoms with E-state index in [1.54, 1.807) is 48.5 Å². The van der Waals surface area contributed by atoms with Crippen LogP contribution in [-0.4, -0.2) is 36.7 Å². The fourth-order valence-electron chi connectivity index (χ4n) is 6.05. The van der Waals surface area contributed by atoms with Crippen molar-refractivity contribution in [1.82, 2.24) is 0 Å². The molecule has 6 rings (SSSR count). The zero-order valence-electron chi connectivity index (χ0n) is 18.3. The normalized spacial score (nSPS) is 23.6. The van der Waals surface area contributed by atoms with Crippen molar-refractivity contribution in [1.29, 1.82) is 0 Å². The van der Waals surface area contributed by atoms with E-state index < -0.39 is 29.4 Å². The number of carbonyl (C=O) groups excluding carboxylic acids is 3. The van der Waals surface area contributed by atoms with E-state index in [0.29, 0.717) is 21.7 Å². The number of hydrogen-bond donors (Lipinski definition) is 0. The Morgan fingerprint density at radius 2 is 1.53 bits per heavy atom. The molecule has 34 heavy (non-hydrogen) atoms. The molecular weight excluding hydrogens is 450 g/mol. The van der Waals surface area contributed by atoms with Crippen LogP contribution >= 0.6 is 11.6 Å². The fourth-order valence-corrected chi connectivity index (χ4v) is 6.18. The second kappa shape index (κ2) is 7.40. The number of ether oxygens (including phenoxy) is 1. The molecule has 3 atom stereocenters. The molecule has 3 aliphatic rings. The summed E-state index contributed by atoms with van der Waals surface area (Å²) in [6, 6.07) is 20.1. The maximum absolute atomic E-state index is 14.2. The Hall–Kier alpha value is -3.70. The number of methoxy groups -OCH3 is 1. The molecule has 1 saturated heterocycles. The highest BCUT2D eigenvalue weighted by Gasteiger charge is 2.71. The zero-order valence-corrected chi connectivity index (χ0v) is 19.0. The van der Waals surface area contributed by atoms with Crippen LogP contribution in [0, 0.1) is 5.41 Å². The summed E-state index contributed by atoms with van der Waals surface area (Å²) < 4.78 is 5.27. The smallest absolute Gasteiger partial charge is 0.329 e. The van der Waals surface area contributed by atoms with Crippen LogP contribution in [0.1, 0.15) is 37.8 Å². The van der Waals surface area contributed by atoms with E-state index in [0.717, 1.165) is 11.3 Å². The quantitative estimate of drug-likeness (QED) is 0.392. The highest BCUT2D eigenvalue weighted by molar-refractivity contribution is 6.32. The summed E-state index contributed by atoms with van der Waals surface area (Å²) in [6.07, 6.45) is 3.82. The number of fused-ring (bicyclic) bond motifs is 5. The maximum atomic E-state index is 14.2. The summed E-state index contributed by atoms with van der Waals surface area (Å²) in [4.78, 5) is 43.8. The number of para-hydroxylation sites is 1. The Labute approximate surface area is 201 Å². The second-order valence-corrected chi connectivity index (χ2v) is 9.28. The molecule has 2 heterocycles. The van der Waals surface area contributed by atoms with Gasteiger partial charge in [-0.15, -0.1) is 0 Å². The van der Waals surface area contributed by atoms with Crippen LogP contribution < -0.4 is 4.90 Å². The van der Waals surface area contributed by atoms with Gasteiger partial charge in [-0.3, -0.25) is 9.59 Å². The highest BCUT2D eigenvalue weighted by Crippen LogP contribution is 2.60. The van der Waals surface area contributed by atoms with E-state index in [-0.39, 0.29) is 11.6 Å². The second-order valence-electron chi connectivity index (χ2n) is 8.84. The van der Waals surface area contributed by atoms with Crippen LogP contribution in [-0.2, 0) is 9.53 Å². The average molecular weight is 470 g/mol. The van der Waals surface area contributed by atoms with E-state index in [1.165, 1.54) is 7.11 Å². The Kier molecular flexibility index (Phi) is 4.55. The van der Waals surface area contributed by atoms with Crippen molar-refractivity contribution in [2.24, 2.45) is 5.41 Å². The molecule has 0 amide bonds. The van der Waals surface area contributed by atoms with Crippen LogP contribution in [0.3, 0.4) is 0 Å². The van der Waals surface area contributed by atoms with Crippen LogP contribution in [0.25, 0.3) is 6.08 Å². The van der Waals surface area contributed by atoms with Crippen LogP contribution in [0.4, 0.5) is 5.69 Å². The Morgan fingerprint density at radius 1 is 0.912 bits per heavy atom. The monoisotopic (exact) mass is 469 g/mol. The molecule has 0 N–H and O–H groups in total. The number of ketones is 2. The number of benzene rings is 3. The first kappa shape index (κ1) is 20.9. The first-order valence-corrected chi connectivity index (χ1v) is 11.5. The summed E-state index contributed by atoms with van der Waals surface area (Å²) in [5.74, 6) is -1.80. The molecule has 0 radical (unpaired) electrons. The molecule has 3 aromatic rings. The van der Waals surface area contributed by atoms with Crippen LogP contribution in [0.15, 0.2) is 78.9 Å². The van der Waals surface area contributed by atoms with E-state index in [4.69, 9.17) is 16.3 Å². The van der Waals surface area contributed by atoms with E-state index in [9.17, 15) is 14.4 Å². The largest absolute Gasteiger partial charge is 0.467 e. The lowest BCUT2D eigenvalue weighted by Gasteiger charge is -2.36. The van der Waals surface area contributed by atoms with Crippen molar-refractivity contribution in [2.75, 3.05) is 12.0 Å². The van der Waals surface area contributed by atoms with Crippen molar-refractivity contribution < 1.29 is 19.1 Å². The Bertz CT molecular complexity index is 1360. The van der Waals surface area contributed by atoms with E-state index >= 15 is 0 Å². The van der Waals surface area contributed by atoms with Gasteiger partial charge in [-0.2, -0.15) is 0 Å². The van der Waals surface area contributed by atoms with Crippen molar-refractivity contribution >= 4 is 40.9 Å². The fraction of sp³-hybridized carbons (Fsp3) is 0.179. The lowest BCUT2D eigenvalue weighted by Crippen LogP contribution is -2.48. The van der Waals surface area contributed by atoms with Gasteiger partial charge in [0.25, 0.3) is 0 Å². The summed E-state index contributed by atoms with van der Waals surface area (Å²) >= 11 is 6.17. The number of carbonyl (C=O) groups is 3. The molecule has 1 fully saturated rings. The molecule has 6 heteroatoms. The summed E-state index contributed by atoms with van der Waals surface area (Å²) in [7, 11) is 1.33. The molecule has 0 aromatic heterocycles. The van der Waals surface area contributed by atoms with E-state index in [2.05, 4.69) is 0 Å². The third kappa shape index (κ3) is 2.53. The molecule has 0 saturated carbocycles. The first-order chi connectivity index (χ1) is 16.5. The molecule has 1 spiro atoms. The molecule has 1 aliphatic carbocycles. The summed E-state index contributed by atoms with van der Waals surface area (Å²) in [5.41, 5.74) is 1.66. The average Bonchev–Trinajstić information content (AvgIpc) is 3.31. The molecule has 2 aliphatic heterocycles. The molecule has 5 nitrogen and oxygen atoms in total. The van der Waals surface area contributed by atoms with Crippen molar-refractivity contribution in [3.8, 4) is 0 Å². The molecule has 0 bridgehead atoms. The lowest BCUT2D eigenvalue weighted by molar-refractivity contribution is -0.142. The Balaban J connectivity index is 1.69. The van der Waals surface area contributed by atoms with Crippen molar-refractivity contribution in [2.45, 2.75) is 18.0 Å². The van der Waals surface area contributed by atoms with Crippen molar-refractivity contribution in [3.05, 3.63) is 106 Å². The molecular formula is C28H20ClNO4. The van der Waals surface area contributed by atoms with Gasteiger partial charge in [-0.05, 0) is 29.3 Å². The summed E-state index contributed by atoms with van der Waals surface area (Å²) in [6.45, 7) is 0. The van der Waals surface area contributed by atoms with Gasteiger partial charge < -0.3 is 9.64 Å². The van der Waals surface area contributed by atoms with Crippen LogP contribution in [0.5, 0.6) is 0 Å². The number of rotatable bonds is 2. The number of hydrogen-bond acceptors (Lipinski definition) is 5. The first-order valence-electron chi connectivity index (χ1n) is 11.1. The minimum Gasteiger partial charge on any atom is -0.467 e. The predicted octanol–water partition coefficient (Wildman–Crippen LogP) is 4.95. The van der Waals surface area contributed by atoms with E-state index in [1.807, 2.05) is 41.3 Å². The number of anilines is 1. The summed E-state index contributed by atoms with van der Waals surface area (Å²) in [5, 5.41) is 0.528. The maximum Gasteiger partial charge on any atom is 0.329 e. The lowest BCUT2D eigenvalue weighted by atomic mass is 9.65. The molecule has 168 valence electrons. The van der Waals surface area contributed by atoms with Gasteiger partial charge in [-0.25, -0.2) is 4.79 Å². The zero-order chi connectivity index (χ0) is 23.6. The third-order valence-corrected chi connectivity index (χ3v) is 7.64. The van der Waals surface area contributed by atoms with Gasteiger partial charge in [0.2, 0.25) is 0 Å². The van der Waals surface area contributed by atoms with Gasteiger partial charge >= 0.3 is 5.97 Å². The molecule has 3 aromatic carbocycles. The minimum atomic E-state index is -1.51. The van der Waals surface area contributed by atoms with Gasteiger partial charge in [-0.1, -0.05) is 78.4 Å². The number of halogens is 1. The van der Waals surface area contributed by atoms with Crippen molar-refractivity contribution in [3.63, 3.8) is 0 Å². The van der Waals surface area contributed by atoms with Gasteiger partial charge in [0.05, 0.1) is 13.2 Å². The number of nitrogens with zero attached hydrogens (tertiary/aromatic N) is 1. The predicted molar refractivity (Wildman–Crippen MR) is 129 cm³/mol. The van der Waals surface area contributed by atoms with Crippen LogP contribution in [0.2, 0.25) is 5.02 Å².